The molecule has 0 bridgehead atoms. The molecule has 0 radical (unpaired) electrons. The number of carbonyl (C=O) groups excluding carboxylic acids is 1. The maximum Gasteiger partial charge on any atom is 0.244 e. The third-order valence-corrected chi connectivity index (χ3v) is 6.00. The van der Waals surface area contributed by atoms with E-state index < -0.39 is 16.1 Å². The second-order valence-electron chi connectivity index (χ2n) is 5.73. The van der Waals surface area contributed by atoms with Crippen LogP contribution in [-0.2, 0) is 14.8 Å². The Morgan fingerprint density at radius 2 is 2.14 bits per heavy atom. The van der Waals surface area contributed by atoms with Crippen molar-refractivity contribution < 1.29 is 13.2 Å². The summed E-state index contributed by atoms with van der Waals surface area (Å²) >= 11 is 1.41. The van der Waals surface area contributed by atoms with E-state index in [0.29, 0.717) is 24.0 Å². The fraction of sp³-hybridized carbons (Fsp3) is 0.692. The normalized spacial score (nSPS) is 24.0. The second kappa shape index (κ2) is 5.66. The van der Waals surface area contributed by atoms with E-state index in [1.165, 1.54) is 28.5 Å². The van der Waals surface area contributed by atoms with Gasteiger partial charge in [0.1, 0.15) is 6.04 Å². The molecule has 2 fully saturated rings. The molecule has 0 aromatic carbocycles. The van der Waals surface area contributed by atoms with Crippen LogP contribution in [0.15, 0.2) is 5.38 Å². The predicted octanol–water partition coefficient (Wildman–Crippen LogP) is 1.77. The van der Waals surface area contributed by atoms with Crippen LogP contribution in [0, 0.1) is 0 Å². The van der Waals surface area contributed by atoms with Gasteiger partial charge in [-0.2, -0.15) is 4.31 Å². The third-order valence-electron chi connectivity index (χ3n) is 3.93. The maximum atomic E-state index is 12.4. The molecular formula is C13H19N3O3S2. The van der Waals surface area contributed by atoms with E-state index in [1.54, 1.807) is 0 Å². The van der Waals surface area contributed by atoms with Crippen LogP contribution in [0.3, 0.4) is 0 Å². The summed E-state index contributed by atoms with van der Waals surface area (Å²) in [7, 11) is -3.36. The van der Waals surface area contributed by atoms with Gasteiger partial charge in [-0.25, -0.2) is 13.4 Å². The number of nitrogens with one attached hydrogen (secondary N) is 1. The molecule has 1 saturated heterocycles. The molecule has 1 aromatic rings. The number of piperidine rings is 1. The van der Waals surface area contributed by atoms with Crippen molar-refractivity contribution in [1.29, 1.82) is 0 Å². The highest BCUT2D eigenvalue weighted by molar-refractivity contribution is 7.88. The highest BCUT2D eigenvalue weighted by Gasteiger charge is 2.35. The molecular weight excluding hydrogens is 310 g/mol. The standard InChI is InChI=1S/C13H19N3O3S2/c1-21(18,19)16-7-3-2-4-11(16)12(17)15-13-14-10(8-20-13)9-5-6-9/h8-9,11H,2-7H2,1H3,(H,14,15,17). The van der Waals surface area contributed by atoms with Crippen molar-refractivity contribution in [2.45, 2.75) is 44.1 Å². The number of nitrogens with zero attached hydrogens (tertiary/aromatic N) is 2. The molecule has 0 spiro atoms. The summed E-state index contributed by atoms with van der Waals surface area (Å²) in [6.45, 7) is 0.419. The molecule has 116 valence electrons. The highest BCUT2D eigenvalue weighted by Crippen LogP contribution is 2.40. The van der Waals surface area contributed by atoms with E-state index in [4.69, 9.17) is 0 Å². The molecule has 1 saturated carbocycles. The number of hydrogen-bond donors (Lipinski definition) is 1. The first kappa shape index (κ1) is 14.9. The zero-order chi connectivity index (χ0) is 15.0. The first-order chi connectivity index (χ1) is 9.95. The van der Waals surface area contributed by atoms with Crippen LogP contribution in [-0.4, -0.2) is 42.5 Å². The second-order valence-corrected chi connectivity index (χ2v) is 8.52. The van der Waals surface area contributed by atoms with E-state index >= 15 is 0 Å². The molecule has 1 amide bonds. The van der Waals surface area contributed by atoms with E-state index in [9.17, 15) is 13.2 Å². The Kier molecular flexibility index (Phi) is 4.02. The lowest BCUT2D eigenvalue weighted by molar-refractivity contribution is -0.120. The van der Waals surface area contributed by atoms with Crippen LogP contribution >= 0.6 is 11.3 Å². The van der Waals surface area contributed by atoms with Gasteiger partial charge in [0.2, 0.25) is 15.9 Å². The summed E-state index contributed by atoms with van der Waals surface area (Å²) in [6.07, 6.45) is 5.74. The number of hydrogen-bond acceptors (Lipinski definition) is 5. The fourth-order valence-electron chi connectivity index (χ4n) is 2.66. The van der Waals surface area contributed by atoms with Gasteiger partial charge in [0.15, 0.2) is 5.13 Å². The summed E-state index contributed by atoms with van der Waals surface area (Å²) in [4.78, 5) is 16.8. The lowest BCUT2D eigenvalue weighted by atomic mass is 10.0. The van der Waals surface area contributed by atoms with Crippen molar-refractivity contribution in [3.8, 4) is 0 Å². The number of aromatic nitrogens is 1. The molecule has 6 nitrogen and oxygen atoms in total. The SMILES string of the molecule is CS(=O)(=O)N1CCCCC1C(=O)Nc1nc(C2CC2)cs1. The van der Waals surface area contributed by atoms with Crippen molar-refractivity contribution in [2.75, 3.05) is 18.1 Å². The minimum absolute atomic E-state index is 0.267. The summed E-state index contributed by atoms with van der Waals surface area (Å²) in [5, 5.41) is 5.32. The van der Waals surface area contributed by atoms with Crippen LogP contribution in [0.4, 0.5) is 5.13 Å². The largest absolute Gasteiger partial charge is 0.301 e. The molecule has 3 rings (SSSR count). The van der Waals surface area contributed by atoms with Crippen molar-refractivity contribution in [3.05, 3.63) is 11.1 Å². The van der Waals surface area contributed by atoms with Gasteiger partial charge in [-0.05, 0) is 25.7 Å². The molecule has 21 heavy (non-hydrogen) atoms. The Bertz CT molecular complexity index is 637. The third kappa shape index (κ3) is 3.44. The number of amides is 1. The van der Waals surface area contributed by atoms with Gasteiger partial charge in [-0.3, -0.25) is 4.79 Å². The summed E-state index contributed by atoms with van der Waals surface area (Å²) in [5.41, 5.74) is 1.04. The Morgan fingerprint density at radius 1 is 1.38 bits per heavy atom. The topological polar surface area (TPSA) is 79.4 Å². The van der Waals surface area contributed by atoms with Crippen molar-refractivity contribution in [1.82, 2.24) is 9.29 Å². The van der Waals surface area contributed by atoms with Gasteiger partial charge >= 0.3 is 0 Å². The summed E-state index contributed by atoms with van der Waals surface area (Å²) in [5.74, 6) is 0.283. The van der Waals surface area contributed by atoms with E-state index in [2.05, 4.69) is 10.3 Å². The minimum atomic E-state index is -3.36. The average molecular weight is 329 g/mol. The molecule has 1 aliphatic carbocycles. The fourth-order valence-corrected chi connectivity index (χ4v) is 4.58. The monoisotopic (exact) mass is 329 g/mol. The van der Waals surface area contributed by atoms with E-state index in [1.807, 2.05) is 5.38 Å². The van der Waals surface area contributed by atoms with Crippen LogP contribution in [0.5, 0.6) is 0 Å². The van der Waals surface area contributed by atoms with Crippen molar-refractivity contribution in [2.24, 2.45) is 0 Å². The number of sulfonamides is 1. The average Bonchev–Trinajstić information content (AvgIpc) is 3.19. The molecule has 1 aromatic heterocycles. The maximum absolute atomic E-state index is 12.4. The van der Waals surface area contributed by atoms with Gasteiger partial charge in [-0.1, -0.05) is 6.42 Å². The first-order valence-electron chi connectivity index (χ1n) is 7.18. The Morgan fingerprint density at radius 3 is 2.81 bits per heavy atom. The molecule has 2 heterocycles. The molecule has 1 aliphatic heterocycles. The molecule has 1 unspecified atom stereocenters. The van der Waals surface area contributed by atoms with Gasteiger partial charge in [-0.15, -0.1) is 11.3 Å². The number of thiazole rings is 1. The van der Waals surface area contributed by atoms with Crippen molar-refractivity contribution >= 4 is 32.4 Å². The molecule has 1 N–H and O–H groups in total. The Balaban J connectivity index is 1.70. The summed E-state index contributed by atoms with van der Waals surface area (Å²) in [6, 6.07) is -0.609. The van der Waals surface area contributed by atoms with Crippen LogP contribution in [0.25, 0.3) is 0 Å². The Hall–Kier alpha value is -0.990. The quantitative estimate of drug-likeness (QED) is 0.913. The smallest absolute Gasteiger partial charge is 0.244 e. The lowest BCUT2D eigenvalue weighted by Gasteiger charge is -2.32. The molecule has 1 atom stereocenters. The molecule has 2 aliphatic rings. The van der Waals surface area contributed by atoms with E-state index in [0.717, 1.165) is 24.8 Å². The number of anilines is 1. The zero-order valence-electron chi connectivity index (χ0n) is 11.9. The van der Waals surface area contributed by atoms with Crippen LogP contribution in [0.1, 0.15) is 43.7 Å². The van der Waals surface area contributed by atoms with Gasteiger partial charge in [0.25, 0.3) is 0 Å². The highest BCUT2D eigenvalue weighted by atomic mass is 32.2. The predicted molar refractivity (Wildman–Crippen MR) is 81.9 cm³/mol. The van der Waals surface area contributed by atoms with Crippen LogP contribution in [0.2, 0.25) is 0 Å². The first-order valence-corrected chi connectivity index (χ1v) is 9.91. The van der Waals surface area contributed by atoms with Gasteiger partial charge < -0.3 is 5.32 Å². The van der Waals surface area contributed by atoms with Gasteiger partial charge in [0.05, 0.1) is 11.9 Å². The zero-order valence-corrected chi connectivity index (χ0v) is 13.5. The number of carbonyl (C=O) groups is 1. The van der Waals surface area contributed by atoms with Gasteiger partial charge in [0, 0.05) is 17.8 Å². The summed E-state index contributed by atoms with van der Waals surface area (Å²) < 4.78 is 24.9. The minimum Gasteiger partial charge on any atom is -0.301 e. The molecule has 8 heteroatoms. The van der Waals surface area contributed by atoms with Crippen molar-refractivity contribution in [3.63, 3.8) is 0 Å². The lowest BCUT2D eigenvalue weighted by Crippen LogP contribution is -2.49. The Labute approximate surface area is 128 Å². The van der Waals surface area contributed by atoms with Crippen LogP contribution < -0.4 is 5.32 Å². The van der Waals surface area contributed by atoms with E-state index in [-0.39, 0.29) is 5.91 Å². The number of rotatable bonds is 4.